The first-order valence-corrected chi connectivity index (χ1v) is 6.47. The zero-order valence-electron chi connectivity index (χ0n) is 10.7. The van der Waals surface area contributed by atoms with E-state index in [1.54, 1.807) is 0 Å². The van der Waals surface area contributed by atoms with Gasteiger partial charge in [0, 0.05) is 12.1 Å². The molecule has 1 N–H and O–H groups in total. The molecule has 1 fully saturated rings. The van der Waals surface area contributed by atoms with Crippen LogP contribution in [0.1, 0.15) is 25.7 Å². The smallest absolute Gasteiger partial charge is 0.306 e. The van der Waals surface area contributed by atoms with Gasteiger partial charge in [0.15, 0.2) is 17.5 Å². The highest BCUT2D eigenvalue weighted by Crippen LogP contribution is 2.29. The monoisotopic (exact) mass is 288 g/mol. The maximum Gasteiger partial charge on any atom is 0.306 e. The molecular weight excluding hydrogens is 273 g/mol. The number of carboxylic acids is 1. The van der Waals surface area contributed by atoms with Crippen molar-refractivity contribution in [1.82, 2.24) is 0 Å². The molecule has 1 aliphatic carbocycles. The fourth-order valence-corrected chi connectivity index (χ4v) is 2.41. The van der Waals surface area contributed by atoms with E-state index in [4.69, 9.17) is 9.84 Å². The van der Waals surface area contributed by atoms with Gasteiger partial charge in [-0.25, -0.2) is 13.2 Å². The number of hydrogen-bond acceptors (Lipinski definition) is 2. The molecule has 0 spiro atoms. The van der Waals surface area contributed by atoms with Crippen LogP contribution in [0, 0.1) is 29.3 Å². The van der Waals surface area contributed by atoms with E-state index in [9.17, 15) is 18.0 Å². The van der Waals surface area contributed by atoms with Crippen molar-refractivity contribution in [3.8, 4) is 5.75 Å². The summed E-state index contributed by atoms with van der Waals surface area (Å²) >= 11 is 0. The van der Waals surface area contributed by atoms with E-state index in [1.165, 1.54) is 0 Å². The van der Waals surface area contributed by atoms with Crippen molar-refractivity contribution >= 4 is 5.97 Å². The summed E-state index contributed by atoms with van der Waals surface area (Å²) < 4.78 is 44.0. The summed E-state index contributed by atoms with van der Waals surface area (Å²) in [5.74, 6) is -5.08. The number of ether oxygens (including phenoxy) is 1. The first kappa shape index (κ1) is 14.7. The molecule has 0 bridgehead atoms. The highest BCUT2D eigenvalue weighted by atomic mass is 19.2. The van der Waals surface area contributed by atoms with E-state index in [-0.39, 0.29) is 24.2 Å². The molecule has 0 amide bonds. The Kier molecular flexibility index (Phi) is 4.52. The molecular formula is C14H15F3O3. The minimum atomic E-state index is -1.51. The van der Waals surface area contributed by atoms with Gasteiger partial charge in [0.2, 0.25) is 0 Å². The van der Waals surface area contributed by atoms with Crippen molar-refractivity contribution in [3.05, 3.63) is 29.6 Å². The van der Waals surface area contributed by atoms with Crippen molar-refractivity contribution in [1.29, 1.82) is 0 Å². The molecule has 0 atom stereocenters. The SMILES string of the molecule is O=C(O)C1CCC(COc2cc(F)c(F)c(F)c2)CC1. The minimum Gasteiger partial charge on any atom is -0.493 e. The van der Waals surface area contributed by atoms with Gasteiger partial charge in [0.25, 0.3) is 0 Å². The molecule has 0 heterocycles. The molecule has 110 valence electrons. The number of halogens is 3. The Morgan fingerprint density at radius 1 is 1.15 bits per heavy atom. The highest BCUT2D eigenvalue weighted by Gasteiger charge is 2.26. The second-order valence-electron chi connectivity index (χ2n) is 5.07. The summed E-state index contributed by atoms with van der Waals surface area (Å²) in [6.07, 6.45) is 2.55. The van der Waals surface area contributed by atoms with E-state index in [2.05, 4.69) is 0 Å². The molecule has 0 radical (unpaired) electrons. The summed E-state index contributed by atoms with van der Waals surface area (Å²) in [7, 11) is 0. The maximum atomic E-state index is 13.0. The normalized spacial score (nSPS) is 22.6. The number of aliphatic carboxylic acids is 1. The van der Waals surface area contributed by atoms with Crippen LogP contribution in [-0.2, 0) is 4.79 Å². The second kappa shape index (κ2) is 6.15. The summed E-state index contributed by atoms with van der Waals surface area (Å²) in [6, 6.07) is 1.61. The number of hydrogen-bond donors (Lipinski definition) is 1. The summed E-state index contributed by atoms with van der Waals surface area (Å²) in [6.45, 7) is 0.247. The van der Waals surface area contributed by atoms with Crippen molar-refractivity contribution in [2.75, 3.05) is 6.61 Å². The first-order valence-electron chi connectivity index (χ1n) is 6.47. The van der Waals surface area contributed by atoms with Gasteiger partial charge in [-0.2, -0.15) is 0 Å². The lowest BCUT2D eigenvalue weighted by Crippen LogP contribution is -2.24. The van der Waals surface area contributed by atoms with Crippen molar-refractivity contribution in [3.63, 3.8) is 0 Å². The molecule has 3 nitrogen and oxygen atoms in total. The fourth-order valence-electron chi connectivity index (χ4n) is 2.41. The molecule has 6 heteroatoms. The fraction of sp³-hybridized carbons (Fsp3) is 0.500. The Morgan fingerprint density at radius 3 is 2.20 bits per heavy atom. The average molecular weight is 288 g/mol. The molecule has 0 unspecified atom stereocenters. The zero-order valence-corrected chi connectivity index (χ0v) is 10.7. The van der Waals surface area contributed by atoms with E-state index < -0.39 is 23.4 Å². The van der Waals surface area contributed by atoms with Crippen LogP contribution in [0.25, 0.3) is 0 Å². The van der Waals surface area contributed by atoms with Crippen molar-refractivity contribution in [2.45, 2.75) is 25.7 Å². The topological polar surface area (TPSA) is 46.5 Å². The Bertz CT molecular complexity index is 473. The summed E-state index contributed by atoms with van der Waals surface area (Å²) in [5, 5.41) is 8.87. The largest absolute Gasteiger partial charge is 0.493 e. The lowest BCUT2D eigenvalue weighted by atomic mass is 9.82. The number of rotatable bonds is 4. The van der Waals surface area contributed by atoms with Crippen LogP contribution in [0.15, 0.2) is 12.1 Å². The van der Waals surface area contributed by atoms with Crippen molar-refractivity contribution in [2.24, 2.45) is 11.8 Å². The van der Waals surface area contributed by atoms with Crippen LogP contribution in [0.5, 0.6) is 5.75 Å². The lowest BCUT2D eigenvalue weighted by molar-refractivity contribution is -0.143. The predicted octanol–water partition coefficient (Wildman–Crippen LogP) is 3.37. The quantitative estimate of drug-likeness (QED) is 0.864. The van der Waals surface area contributed by atoms with Gasteiger partial charge in [0.05, 0.1) is 12.5 Å². The van der Waals surface area contributed by atoms with E-state index in [0.717, 1.165) is 12.1 Å². The van der Waals surface area contributed by atoms with Crippen LogP contribution in [0.2, 0.25) is 0 Å². The Morgan fingerprint density at radius 2 is 1.70 bits per heavy atom. The third kappa shape index (κ3) is 3.43. The Balaban J connectivity index is 1.86. The third-order valence-corrected chi connectivity index (χ3v) is 3.64. The van der Waals surface area contributed by atoms with Gasteiger partial charge in [-0.15, -0.1) is 0 Å². The van der Waals surface area contributed by atoms with Crippen LogP contribution in [-0.4, -0.2) is 17.7 Å². The molecule has 20 heavy (non-hydrogen) atoms. The number of carbonyl (C=O) groups is 1. The van der Waals surface area contributed by atoms with Crippen LogP contribution in [0.4, 0.5) is 13.2 Å². The molecule has 1 aliphatic rings. The zero-order chi connectivity index (χ0) is 14.7. The van der Waals surface area contributed by atoms with Crippen LogP contribution in [0.3, 0.4) is 0 Å². The summed E-state index contributed by atoms with van der Waals surface area (Å²) in [5.41, 5.74) is 0. The predicted molar refractivity (Wildman–Crippen MR) is 64.9 cm³/mol. The molecule has 0 aliphatic heterocycles. The Hall–Kier alpha value is -1.72. The molecule has 0 saturated heterocycles. The summed E-state index contributed by atoms with van der Waals surface area (Å²) in [4.78, 5) is 10.8. The van der Waals surface area contributed by atoms with Gasteiger partial charge in [-0.1, -0.05) is 0 Å². The standard InChI is InChI=1S/C14H15F3O3/c15-11-5-10(6-12(16)13(11)17)20-7-8-1-3-9(4-2-8)14(18)19/h5-6,8-9H,1-4,7H2,(H,18,19). The number of carboxylic acid groups (broad SMARTS) is 1. The van der Waals surface area contributed by atoms with Gasteiger partial charge in [-0.3, -0.25) is 4.79 Å². The first-order chi connectivity index (χ1) is 9.47. The van der Waals surface area contributed by atoms with Gasteiger partial charge >= 0.3 is 5.97 Å². The maximum absolute atomic E-state index is 13.0. The molecule has 1 aromatic carbocycles. The lowest BCUT2D eigenvalue weighted by Gasteiger charge is -2.25. The minimum absolute atomic E-state index is 0.0539. The molecule has 1 aromatic rings. The average Bonchev–Trinajstić information content (AvgIpc) is 2.42. The Labute approximate surface area is 114 Å². The molecule has 2 rings (SSSR count). The van der Waals surface area contributed by atoms with E-state index >= 15 is 0 Å². The van der Waals surface area contributed by atoms with Gasteiger partial charge in [-0.05, 0) is 31.6 Å². The van der Waals surface area contributed by atoms with Crippen molar-refractivity contribution < 1.29 is 27.8 Å². The van der Waals surface area contributed by atoms with E-state index in [1.807, 2.05) is 0 Å². The van der Waals surface area contributed by atoms with Gasteiger partial charge < -0.3 is 9.84 Å². The molecule has 0 aromatic heterocycles. The van der Waals surface area contributed by atoms with Gasteiger partial charge in [0.1, 0.15) is 5.75 Å². The molecule has 1 saturated carbocycles. The second-order valence-corrected chi connectivity index (χ2v) is 5.07. The highest BCUT2D eigenvalue weighted by molar-refractivity contribution is 5.69. The van der Waals surface area contributed by atoms with E-state index in [0.29, 0.717) is 25.7 Å². The van der Waals surface area contributed by atoms with Crippen LogP contribution < -0.4 is 4.74 Å². The number of benzene rings is 1. The van der Waals surface area contributed by atoms with Crippen LogP contribution >= 0.6 is 0 Å². The third-order valence-electron chi connectivity index (χ3n) is 3.64.